The Morgan fingerprint density at radius 2 is 1.87 bits per heavy atom. The average Bonchev–Trinajstić information content (AvgIpc) is 3.16. The Kier molecular flexibility index (Phi) is 4.84. The topological polar surface area (TPSA) is 79.4 Å². The molecule has 5 rings (SSSR count). The molecule has 1 saturated heterocycles. The van der Waals surface area contributed by atoms with Crippen molar-refractivity contribution in [3.8, 4) is 17.2 Å². The van der Waals surface area contributed by atoms with Crippen molar-refractivity contribution in [2.75, 3.05) is 33.0 Å². The van der Waals surface area contributed by atoms with E-state index in [0.717, 1.165) is 55.3 Å². The molecule has 2 aliphatic rings. The molecule has 1 N–H and O–H groups in total. The van der Waals surface area contributed by atoms with Gasteiger partial charge in [-0.2, -0.15) is 0 Å². The van der Waals surface area contributed by atoms with Gasteiger partial charge in [-0.05, 0) is 36.2 Å². The van der Waals surface area contributed by atoms with Gasteiger partial charge < -0.3 is 23.9 Å². The quantitative estimate of drug-likeness (QED) is 0.644. The van der Waals surface area contributed by atoms with Crippen LogP contribution >= 0.6 is 0 Å². The minimum atomic E-state index is -0.400. The molecule has 3 heterocycles. The molecule has 0 unspecified atom stereocenters. The lowest BCUT2D eigenvalue weighted by atomic mass is 10.1. The van der Waals surface area contributed by atoms with Gasteiger partial charge in [-0.1, -0.05) is 17.9 Å². The lowest BCUT2D eigenvalue weighted by Crippen LogP contribution is -3.13. The minimum absolute atomic E-state index is 0.0791. The lowest BCUT2D eigenvalue weighted by Gasteiger charge is -2.32. The van der Waals surface area contributed by atoms with Gasteiger partial charge in [0.25, 0.3) is 0 Å². The summed E-state index contributed by atoms with van der Waals surface area (Å²) in [6, 6.07) is 10.9. The number of nitrogens with one attached hydrogen (secondary N) is 1. The first-order valence-corrected chi connectivity index (χ1v) is 10.2. The van der Waals surface area contributed by atoms with E-state index >= 15 is 0 Å². The smallest absolute Gasteiger partial charge is 0.336 e. The van der Waals surface area contributed by atoms with Crippen LogP contribution in [0.3, 0.4) is 0 Å². The zero-order valence-corrected chi connectivity index (χ0v) is 16.9. The number of quaternary nitrogens is 1. The van der Waals surface area contributed by atoms with E-state index < -0.39 is 5.63 Å². The van der Waals surface area contributed by atoms with E-state index in [1.807, 2.05) is 13.0 Å². The van der Waals surface area contributed by atoms with Crippen molar-refractivity contribution in [3.05, 3.63) is 63.5 Å². The fourth-order valence-electron chi connectivity index (χ4n) is 4.38. The summed E-state index contributed by atoms with van der Waals surface area (Å²) < 4.78 is 16.1. The summed E-state index contributed by atoms with van der Waals surface area (Å²) in [6.45, 7) is 7.44. The number of piperazine rings is 1. The van der Waals surface area contributed by atoms with Crippen LogP contribution in [0, 0.1) is 6.92 Å². The van der Waals surface area contributed by atoms with E-state index in [0.29, 0.717) is 17.5 Å². The van der Waals surface area contributed by atoms with Gasteiger partial charge in [0.2, 0.25) is 6.79 Å². The minimum Gasteiger partial charge on any atom is -0.872 e. The summed E-state index contributed by atoms with van der Waals surface area (Å²) in [5, 5.41) is 13.0. The highest BCUT2D eigenvalue weighted by Gasteiger charge is 2.22. The molecular formula is C23H24N2O5. The van der Waals surface area contributed by atoms with Crippen LogP contribution in [-0.2, 0) is 13.1 Å². The number of benzene rings is 2. The maximum Gasteiger partial charge on any atom is 0.336 e. The molecule has 2 aromatic carbocycles. The molecule has 0 spiro atoms. The van der Waals surface area contributed by atoms with Crippen LogP contribution in [0.25, 0.3) is 11.0 Å². The molecule has 30 heavy (non-hydrogen) atoms. The number of aryl methyl sites for hydroxylation is 1. The van der Waals surface area contributed by atoms with Crippen LogP contribution in [0.4, 0.5) is 0 Å². The highest BCUT2D eigenvalue weighted by Crippen LogP contribution is 2.32. The van der Waals surface area contributed by atoms with E-state index in [9.17, 15) is 9.90 Å². The second-order valence-electron chi connectivity index (χ2n) is 8.12. The van der Waals surface area contributed by atoms with Gasteiger partial charge in [-0.25, -0.2) is 4.79 Å². The summed E-state index contributed by atoms with van der Waals surface area (Å²) in [5.41, 5.74) is 2.79. The Labute approximate surface area is 174 Å². The van der Waals surface area contributed by atoms with Crippen LogP contribution < -0.4 is 25.1 Å². The van der Waals surface area contributed by atoms with Crippen molar-refractivity contribution in [1.29, 1.82) is 0 Å². The third-order valence-corrected chi connectivity index (χ3v) is 5.88. The Hall–Kier alpha value is -3.03. The summed E-state index contributed by atoms with van der Waals surface area (Å²) >= 11 is 0. The van der Waals surface area contributed by atoms with Crippen LogP contribution in [0.1, 0.15) is 16.7 Å². The second-order valence-corrected chi connectivity index (χ2v) is 8.12. The first-order chi connectivity index (χ1) is 14.5. The van der Waals surface area contributed by atoms with Gasteiger partial charge in [-0.15, -0.1) is 0 Å². The number of hydrogen-bond donors (Lipinski definition) is 1. The van der Waals surface area contributed by atoms with Crippen molar-refractivity contribution in [3.63, 3.8) is 0 Å². The van der Waals surface area contributed by atoms with Crippen molar-refractivity contribution in [2.24, 2.45) is 0 Å². The molecule has 0 bridgehead atoms. The number of fused-ring (bicyclic) bond motifs is 2. The third-order valence-electron chi connectivity index (χ3n) is 5.88. The van der Waals surface area contributed by atoms with E-state index in [1.165, 1.54) is 16.5 Å². The average molecular weight is 408 g/mol. The predicted octanol–water partition coefficient (Wildman–Crippen LogP) is 0.804. The third kappa shape index (κ3) is 3.74. The first kappa shape index (κ1) is 19.0. The Bertz CT molecular complexity index is 1150. The van der Waals surface area contributed by atoms with E-state index in [-0.39, 0.29) is 12.5 Å². The van der Waals surface area contributed by atoms with Crippen LogP contribution in [0.2, 0.25) is 0 Å². The maximum absolute atomic E-state index is 12.5. The summed E-state index contributed by atoms with van der Waals surface area (Å²) in [6.07, 6.45) is 0. The largest absolute Gasteiger partial charge is 0.872 e. The molecule has 3 aromatic rings. The van der Waals surface area contributed by atoms with E-state index in [4.69, 9.17) is 13.9 Å². The molecule has 0 radical (unpaired) electrons. The number of rotatable bonds is 4. The fraction of sp³-hybridized carbons (Fsp3) is 0.348. The molecule has 0 saturated carbocycles. The monoisotopic (exact) mass is 408 g/mol. The lowest BCUT2D eigenvalue weighted by molar-refractivity contribution is -0.918. The molecule has 2 aliphatic heterocycles. The molecular weight excluding hydrogens is 384 g/mol. The molecule has 0 amide bonds. The van der Waals surface area contributed by atoms with Gasteiger partial charge in [0.15, 0.2) is 11.5 Å². The molecule has 1 aromatic heterocycles. The maximum atomic E-state index is 12.5. The van der Waals surface area contributed by atoms with Gasteiger partial charge in [-0.3, -0.25) is 4.90 Å². The number of ether oxygens (including phenoxy) is 2. The van der Waals surface area contributed by atoms with Crippen LogP contribution in [-0.4, -0.2) is 37.9 Å². The number of nitrogens with zero attached hydrogens (tertiary/aromatic N) is 1. The second kappa shape index (κ2) is 7.66. The molecule has 7 heteroatoms. The fourth-order valence-corrected chi connectivity index (χ4v) is 4.38. The zero-order chi connectivity index (χ0) is 20.7. The molecule has 156 valence electrons. The summed E-state index contributed by atoms with van der Waals surface area (Å²) in [4.78, 5) is 15.8. The molecule has 1 fully saturated rings. The highest BCUT2D eigenvalue weighted by molar-refractivity contribution is 5.86. The summed E-state index contributed by atoms with van der Waals surface area (Å²) in [7, 11) is 0. The predicted molar refractivity (Wildman–Crippen MR) is 109 cm³/mol. The van der Waals surface area contributed by atoms with Crippen molar-refractivity contribution in [1.82, 2.24) is 4.90 Å². The van der Waals surface area contributed by atoms with Gasteiger partial charge in [0, 0.05) is 36.7 Å². The summed E-state index contributed by atoms with van der Waals surface area (Å²) in [5.74, 6) is 1.54. The molecule has 0 aliphatic carbocycles. The normalized spacial score (nSPS) is 17.0. The van der Waals surface area contributed by atoms with Gasteiger partial charge in [0.05, 0.1) is 13.1 Å². The van der Waals surface area contributed by atoms with Gasteiger partial charge in [0.1, 0.15) is 12.1 Å². The van der Waals surface area contributed by atoms with Crippen LogP contribution in [0.5, 0.6) is 17.2 Å². The SMILES string of the molecule is Cc1cc([O-])c2c(C[NH+]3CCN(Cc4ccc5c(c4)OCO5)CC3)cc(=O)oc2c1. The van der Waals surface area contributed by atoms with Crippen molar-refractivity contribution >= 4 is 11.0 Å². The van der Waals surface area contributed by atoms with Crippen molar-refractivity contribution in [2.45, 2.75) is 20.0 Å². The van der Waals surface area contributed by atoms with Crippen LogP contribution in [0.15, 0.2) is 45.6 Å². The highest BCUT2D eigenvalue weighted by atomic mass is 16.7. The first-order valence-electron chi connectivity index (χ1n) is 10.2. The van der Waals surface area contributed by atoms with Crippen molar-refractivity contribution < 1.29 is 23.9 Å². The Morgan fingerprint density at radius 3 is 2.70 bits per heavy atom. The van der Waals surface area contributed by atoms with E-state index in [1.54, 1.807) is 12.1 Å². The van der Waals surface area contributed by atoms with E-state index in [2.05, 4.69) is 17.0 Å². The standard InChI is InChI=1S/C23H24N2O5/c1-15-8-18(26)23-17(11-22(27)30-21(23)9-15)13-25-6-4-24(5-7-25)12-16-2-3-19-20(10-16)29-14-28-19/h2-3,8-11,26H,4-7,12-14H2,1H3. The molecule has 0 atom stereocenters. The Balaban J connectivity index is 1.26. The zero-order valence-electron chi connectivity index (χ0n) is 16.9. The molecule has 7 nitrogen and oxygen atoms in total. The Morgan fingerprint density at radius 1 is 1.07 bits per heavy atom. The van der Waals surface area contributed by atoms with Gasteiger partial charge >= 0.3 is 5.63 Å². The number of hydrogen-bond acceptors (Lipinski definition) is 6.